The van der Waals surface area contributed by atoms with Crippen molar-refractivity contribution in [1.29, 1.82) is 5.26 Å². The quantitative estimate of drug-likeness (QED) is 0.786. The topological polar surface area (TPSA) is 82.9 Å². The molecule has 1 aromatic carbocycles. The van der Waals surface area contributed by atoms with Crippen LogP contribution in [-0.4, -0.2) is 17.2 Å². The predicted octanol–water partition coefficient (Wildman–Crippen LogP) is 0.896. The van der Waals surface area contributed by atoms with Gasteiger partial charge in [0.25, 0.3) is 0 Å². The van der Waals surface area contributed by atoms with Crippen LogP contribution in [0.15, 0.2) is 30.6 Å². The Labute approximate surface area is 102 Å². The van der Waals surface area contributed by atoms with Crippen molar-refractivity contribution in [2.24, 2.45) is 0 Å². The van der Waals surface area contributed by atoms with E-state index < -0.39 is 11.3 Å². The minimum absolute atomic E-state index is 0.367. The van der Waals surface area contributed by atoms with E-state index in [9.17, 15) is 14.9 Å². The van der Waals surface area contributed by atoms with Gasteiger partial charge in [-0.15, -0.1) is 0 Å². The Kier molecular flexibility index (Phi) is 1.95. The first kappa shape index (κ1) is 10.4. The Balaban J connectivity index is 2.46. The van der Waals surface area contributed by atoms with E-state index in [0.717, 1.165) is 5.39 Å². The zero-order valence-electron chi connectivity index (χ0n) is 9.18. The fraction of sp³-hybridized carbons (Fsp3) is 0.0769. The number of amides is 1. The van der Waals surface area contributed by atoms with Crippen LogP contribution in [-0.2, 0) is 10.3 Å². The number of ketones is 1. The molecule has 1 aliphatic rings. The fourth-order valence-electron chi connectivity index (χ4n) is 2.41. The highest BCUT2D eigenvalue weighted by Crippen LogP contribution is 2.39. The zero-order valence-corrected chi connectivity index (χ0v) is 9.18. The van der Waals surface area contributed by atoms with Gasteiger partial charge in [-0.05, 0) is 0 Å². The minimum atomic E-state index is -1.64. The zero-order chi connectivity index (χ0) is 12.8. The maximum Gasteiger partial charge on any atom is 0.218 e. The van der Waals surface area contributed by atoms with E-state index in [-0.39, 0.29) is 0 Å². The Bertz CT molecular complexity index is 727. The number of nitriles is 1. The highest BCUT2D eigenvalue weighted by atomic mass is 16.1. The van der Waals surface area contributed by atoms with Gasteiger partial charge in [0.1, 0.15) is 6.07 Å². The molecule has 3 rings (SSSR count). The van der Waals surface area contributed by atoms with Gasteiger partial charge in [-0.25, -0.2) is 0 Å². The van der Waals surface area contributed by atoms with Crippen molar-refractivity contribution in [3.63, 3.8) is 0 Å². The molecule has 1 amide bonds. The monoisotopic (exact) mass is 237 g/mol. The highest BCUT2D eigenvalue weighted by molar-refractivity contribution is 6.21. The molecular formula is C13H7N3O2. The van der Waals surface area contributed by atoms with E-state index in [4.69, 9.17) is 0 Å². The Morgan fingerprint density at radius 1 is 1.39 bits per heavy atom. The average Bonchev–Trinajstić information content (AvgIpc) is 2.65. The number of carbonyl (C=O) groups is 2. The standard InChI is InChI=1S/C13H7N3O2/c14-6-13(16-7-17)10-5-15-4-8-2-1-3-9(11(8)10)12(13)18/h1-5,7H,(H,16,17). The second kappa shape index (κ2) is 3.37. The molecule has 0 radical (unpaired) electrons. The van der Waals surface area contributed by atoms with Crippen molar-refractivity contribution >= 4 is 23.0 Å². The molecule has 5 heteroatoms. The van der Waals surface area contributed by atoms with Gasteiger partial charge in [0.15, 0.2) is 0 Å². The molecule has 0 fully saturated rings. The molecule has 1 unspecified atom stereocenters. The Hall–Kier alpha value is -2.74. The fourth-order valence-corrected chi connectivity index (χ4v) is 2.41. The van der Waals surface area contributed by atoms with Crippen LogP contribution in [0.5, 0.6) is 0 Å². The van der Waals surface area contributed by atoms with Crippen LogP contribution < -0.4 is 5.32 Å². The van der Waals surface area contributed by atoms with Crippen LogP contribution in [0.25, 0.3) is 10.8 Å². The number of rotatable bonds is 2. The molecule has 5 nitrogen and oxygen atoms in total. The second-order valence-corrected chi connectivity index (χ2v) is 4.04. The first-order valence-electron chi connectivity index (χ1n) is 5.29. The predicted molar refractivity (Wildman–Crippen MR) is 62.6 cm³/mol. The summed E-state index contributed by atoms with van der Waals surface area (Å²) in [5, 5.41) is 13.1. The summed E-state index contributed by atoms with van der Waals surface area (Å²) in [6, 6.07) is 7.10. The van der Waals surface area contributed by atoms with Gasteiger partial charge in [0.2, 0.25) is 17.7 Å². The van der Waals surface area contributed by atoms with E-state index in [1.807, 2.05) is 12.1 Å². The lowest BCUT2D eigenvalue weighted by molar-refractivity contribution is -0.110. The molecule has 1 atom stereocenters. The molecule has 2 aromatic rings. The molecule has 86 valence electrons. The van der Waals surface area contributed by atoms with Crippen LogP contribution in [0, 0.1) is 11.3 Å². The maximum atomic E-state index is 12.3. The number of carbonyl (C=O) groups excluding carboxylic acids is 2. The van der Waals surface area contributed by atoms with Gasteiger partial charge in [-0.1, -0.05) is 18.2 Å². The van der Waals surface area contributed by atoms with Crippen molar-refractivity contribution in [2.75, 3.05) is 0 Å². The van der Waals surface area contributed by atoms with Gasteiger partial charge in [-0.2, -0.15) is 5.26 Å². The van der Waals surface area contributed by atoms with Crippen LogP contribution in [0.4, 0.5) is 0 Å². The summed E-state index contributed by atoms with van der Waals surface area (Å²) in [5.74, 6) is -0.411. The third-order valence-electron chi connectivity index (χ3n) is 3.22. The van der Waals surface area contributed by atoms with Crippen LogP contribution in [0.1, 0.15) is 15.9 Å². The molecule has 0 aliphatic heterocycles. The third-order valence-corrected chi connectivity index (χ3v) is 3.22. The van der Waals surface area contributed by atoms with Gasteiger partial charge >= 0.3 is 0 Å². The molecule has 1 aromatic heterocycles. The van der Waals surface area contributed by atoms with Crippen molar-refractivity contribution < 1.29 is 9.59 Å². The lowest BCUT2D eigenvalue weighted by Crippen LogP contribution is -2.44. The summed E-state index contributed by atoms with van der Waals surface area (Å²) in [7, 11) is 0. The number of Topliss-reactive ketones (excluding diaryl/α,β-unsaturated/α-hetero) is 1. The summed E-state index contributed by atoms with van der Waals surface area (Å²) < 4.78 is 0. The minimum Gasteiger partial charge on any atom is -0.330 e. The number of nitrogens with zero attached hydrogens (tertiary/aromatic N) is 2. The lowest BCUT2D eigenvalue weighted by atomic mass is 9.93. The largest absolute Gasteiger partial charge is 0.330 e. The molecule has 1 aliphatic carbocycles. The summed E-state index contributed by atoms with van der Waals surface area (Å²) in [4.78, 5) is 27.1. The number of hydrogen-bond donors (Lipinski definition) is 1. The molecular weight excluding hydrogens is 230 g/mol. The molecule has 1 heterocycles. The number of hydrogen-bond acceptors (Lipinski definition) is 4. The summed E-state index contributed by atoms with van der Waals surface area (Å²) in [6.07, 6.45) is 3.45. The number of pyridine rings is 1. The highest BCUT2D eigenvalue weighted by Gasteiger charge is 2.48. The lowest BCUT2D eigenvalue weighted by Gasteiger charge is -2.18. The average molecular weight is 237 g/mol. The van der Waals surface area contributed by atoms with Crippen molar-refractivity contribution in [2.45, 2.75) is 5.54 Å². The molecule has 0 bridgehead atoms. The first-order chi connectivity index (χ1) is 8.74. The second-order valence-electron chi connectivity index (χ2n) is 4.04. The molecule has 0 saturated heterocycles. The third kappa shape index (κ3) is 1.02. The SMILES string of the molecule is N#CC1(NC=O)C(=O)c2cccc3cncc1c23. The van der Waals surface area contributed by atoms with Crippen LogP contribution in [0.2, 0.25) is 0 Å². The van der Waals surface area contributed by atoms with Crippen LogP contribution in [0.3, 0.4) is 0 Å². The van der Waals surface area contributed by atoms with Gasteiger partial charge in [-0.3, -0.25) is 14.6 Å². The van der Waals surface area contributed by atoms with E-state index in [1.165, 1.54) is 6.20 Å². The first-order valence-corrected chi connectivity index (χ1v) is 5.29. The maximum absolute atomic E-state index is 12.3. The molecule has 1 N–H and O–H groups in total. The normalized spacial score (nSPS) is 20.7. The number of aromatic nitrogens is 1. The van der Waals surface area contributed by atoms with E-state index in [2.05, 4.69) is 10.3 Å². The number of benzene rings is 1. The summed E-state index contributed by atoms with van der Waals surface area (Å²) in [5.41, 5.74) is -0.756. The van der Waals surface area contributed by atoms with Crippen molar-refractivity contribution in [3.05, 3.63) is 41.7 Å². The van der Waals surface area contributed by atoms with E-state index in [0.29, 0.717) is 22.9 Å². The van der Waals surface area contributed by atoms with E-state index >= 15 is 0 Å². The van der Waals surface area contributed by atoms with Crippen LogP contribution >= 0.6 is 0 Å². The van der Waals surface area contributed by atoms with Gasteiger partial charge in [0.05, 0.1) is 0 Å². The van der Waals surface area contributed by atoms with E-state index in [1.54, 1.807) is 18.3 Å². The number of nitrogens with one attached hydrogen (secondary N) is 1. The summed E-state index contributed by atoms with van der Waals surface area (Å²) >= 11 is 0. The molecule has 0 spiro atoms. The van der Waals surface area contributed by atoms with Gasteiger partial charge in [0, 0.05) is 34.3 Å². The van der Waals surface area contributed by atoms with Crippen molar-refractivity contribution in [3.8, 4) is 6.07 Å². The van der Waals surface area contributed by atoms with Gasteiger partial charge < -0.3 is 5.32 Å². The Morgan fingerprint density at radius 3 is 2.94 bits per heavy atom. The Morgan fingerprint density at radius 2 is 2.22 bits per heavy atom. The smallest absolute Gasteiger partial charge is 0.218 e. The molecule has 0 saturated carbocycles. The molecule has 18 heavy (non-hydrogen) atoms. The van der Waals surface area contributed by atoms with Crippen molar-refractivity contribution in [1.82, 2.24) is 10.3 Å². The summed E-state index contributed by atoms with van der Waals surface area (Å²) in [6.45, 7) is 0.